The summed E-state index contributed by atoms with van der Waals surface area (Å²) in [5.74, 6) is 1.91. The minimum absolute atomic E-state index is 0.503. The van der Waals surface area contributed by atoms with E-state index in [1.165, 1.54) is 17.5 Å². The van der Waals surface area contributed by atoms with Crippen LogP contribution in [0, 0.1) is 0 Å². The number of benzene rings is 1. The number of thiazole rings is 1. The van der Waals surface area contributed by atoms with Crippen LogP contribution in [-0.2, 0) is 6.54 Å². The van der Waals surface area contributed by atoms with Crippen LogP contribution in [-0.4, -0.2) is 15.2 Å². The Hall–Kier alpha value is -1.95. The molecule has 0 saturated heterocycles. The van der Waals surface area contributed by atoms with Gasteiger partial charge in [0.15, 0.2) is 5.13 Å². The lowest BCUT2D eigenvalue weighted by Crippen LogP contribution is -1.98. The minimum atomic E-state index is 0.503. The molecule has 0 amide bonds. The van der Waals surface area contributed by atoms with Crippen LogP contribution < -0.4 is 5.32 Å². The van der Waals surface area contributed by atoms with Gasteiger partial charge in [-0.2, -0.15) is 0 Å². The average Bonchev–Trinajstić information content (AvgIpc) is 3.03. The van der Waals surface area contributed by atoms with E-state index in [2.05, 4.69) is 26.6 Å². The van der Waals surface area contributed by atoms with Crippen molar-refractivity contribution in [2.75, 3.05) is 5.32 Å². The Morgan fingerprint density at radius 1 is 1.26 bits per heavy atom. The van der Waals surface area contributed by atoms with Gasteiger partial charge in [-0.15, -0.1) is 10.2 Å². The summed E-state index contributed by atoms with van der Waals surface area (Å²) in [6, 6.07) is 8.08. The highest BCUT2D eigenvalue weighted by Gasteiger charge is 2.29. The van der Waals surface area contributed by atoms with Gasteiger partial charge in [0.1, 0.15) is 0 Å². The summed E-state index contributed by atoms with van der Waals surface area (Å²) >= 11 is 1.63. The molecule has 6 heteroatoms. The van der Waals surface area contributed by atoms with Gasteiger partial charge in [-0.25, -0.2) is 4.98 Å². The molecule has 0 spiro atoms. The van der Waals surface area contributed by atoms with Gasteiger partial charge in [-0.05, 0) is 25.0 Å². The molecule has 0 radical (unpaired) electrons. The first-order valence-corrected chi connectivity index (χ1v) is 7.12. The van der Waals surface area contributed by atoms with E-state index in [1.807, 2.05) is 18.2 Å². The zero-order valence-electron chi connectivity index (χ0n) is 10.2. The van der Waals surface area contributed by atoms with E-state index in [0.29, 0.717) is 18.4 Å². The molecule has 1 aromatic carbocycles. The maximum absolute atomic E-state index is 5.60. The van der Waals surface area contributed by atoms with Crippen molar-refractivity contribution in [1.82, 2.24) is 15.2 Å². The number of rotatable bonds is 4. The smallest absolute Gasteiger partial charge is 0.235 e. The zero-order chi connectivity index (χ0) is 12.7. The van der Waals surface area contributed by atoms with Gasteiger partial charge in [-0.3, -0.25) is 0 Å². The molecule has 2 aromatic heterocycles. The maximum Gasteiger partial charge on any atom is 0.235 e. The number of para-hydroxylation sites is 1. The largest absolute Gasteiger partial charge is 0.423 e. The number of aromatic nitrogens is 3. The van der Waals surface area contributed by atoms with E-state index < -0.39 is 0 Å². The van der Waals surface area contributed by atoms with Crippen LogP contribution in [0.2, 0.25) is 0 Å². The second kappa shape index (κ2) is 4.31. The first-order chi connectivity index (χ1) is 9.38. The maximum atomic E-state index is 5.60. The van der Waals surface area contributed by atoms with Crippen molar-refractivity contribution in [3.05, 3.63) is 36.0 Å². The van der Waals surface area contributed by atoms with Crippen molar-refractivity contribution in [2.45, 2.75) is 25.3 Å². The van der Waals surface area contributed by atoms with Crippen molar-refractivity contribution in [1.29, 1.82) is 0 Å². The fourth-order valence-corrected chi connectivity index (χ4v) is 2.79. The Morgan fingerprint density at radius 3 is 3.00 bits per heavy atom. The van der Waals surface area contributed by atoms with Crippen molar-refractivity contribution < 1.29 is 4.42 Å². The molecule has 1 aliphatic rings. The van der Waals surface area contributed by atoms with Gasteiger partial charge < -0.3 is 9.73 Å². The summed E-state index contributed by atoms with van der Waals surface area (Å²) in [5, 5.41) is 12.2. The first-order valence-electron chi connectivity index (χ1n) is 6.30. The lowest BCUT2D eigenvalue weighted by atomic mass is 10.3. The van der Waals surface area contributed by atoms with Crippen LogP contribution in [0.5, 0.6) is 0 Å². The van der Waals surface area contributed by atoms with Crippen LogP contribution in [0.25, 0.3) is 10.2 Å². The molecule has 19 heavy (non-hydrogen) atoms. The summed E-state index contributed by atoms with van der Waals surface area (Å²) < 4.78 is 6.77. The van der Waals surface area contributed by atoms with Crippen LogP contribution in [0.4, 0.5) is 5.13 Å². The standard InChI is InChI=1S/C13H12N4OS/c1-2-4-10-9(3-1)15-13(19-10)14-7-11-16-17-12(18-11)8-5-6-8/h1-4,8H,5-7H2,(H,14,15). The van der Waals surface area contributed by atoms with Gasteiger partial charge in [0, 0.05) is 5.92 Å². The molecule has 2 heterocycles. The average molecular weight is 272 g/mol. The molecule has 0 aliphatic heterocycles. The molecule has 1 saturated carbocycles. The second-order valence-electron chi connectivity index (χ2n) is 4.65. The number of nitrogens with one attached hydrogen (secondary N) is 1. The SMILES string of the molecule is c1ccc2sc(NCc3nnc(C4CC4)o3)nc2c1. The molecule has 0 atom stereocenters. The highest BCUT2D eigenvalue weighted by molar-refractivity contribution is 7.22. The Bertz CT molecular complexity index is 683. The molecule has 0 bridgehead atoms. The highest BCUT2D eigenvalue weighted by atomic mass is 32.1. The van der Waals surface area contributed by atoms with Gasteiger partial charge >= 0.3 is 0 Å². The molecule has 3 aromatic rings. The van der Waals surface area contributed by atoms with E-state index in [1.54, 1.807) is 11.3 Å². The van der Waals surface area contributed by atoms with Gasteiger partial charge in [-0.1, -0.05) is 23.5 Å². The van der Waals surface area contributed by atoms with Crippen molar-refractivity contribution in [3.8, 4) is 0 Å². The fourth-order valence-electron chi connectivity index (χ4n) is 1.93. The monoisotopic (exact) mass is 272 g/mol. The number of hydrogen-bond acceptors (Lipinski definition) is 6. The molecule has 1 aliphatic carbocycles. The molecule has 0 unspecified atom stereocenters. The van der Waals surface area contributed by atoms with Crippen molar-refractivity contribution >= 4 is 26.7 Å². The molecule has 96 valence electrons. The molecule has 4 rings (SSSR count). The quantitative estimate of drug-likeness (QED) is 0.790. The number of fused-ring (bicyclic) bond motifs is 1. The Kier molecular flexibility index (Phi) is 2.48. The zero-order valence-corrected chi connectivity index (χ0v) is 11.0. The van der Waals surface area contributed by atoms with E-state index >= 15 is 0 Å². The topological polar surface area (TPSA) is 63.8 Å². The van der Waals surface area contributed by atoms with E-state index in [0.717, 1.165) is 16.5 Å². The molecular formula is C13H12N4OS. The third kappa shape index (κ3) is 2.19. The summed E-state index contributed by atoms with van der Waals surface area (Å²) in [7, 11) is 0. The second-order valence-corrected chi connectivity index (χ2v) is 5.68. The summed E-state index contributed by atoms with van der Waals surface area (Å²) in [6.07, 6.45) is 2.35. The summed E-state index contributed by atoms with van der Waals surface area (Å²) in [6.45, 7) is 0.527. The number of anilines is 1. The lowest BCUT2D eigenvalue weighted by molar-refractivity contribution is 0.457. The predicted octanol–water partition coefficient (Wildman–Crippen LogP) is 3.17. The molecule has 5 nitrogen and oxygen atoms in total. The van der Waals surface area contributed by atoms with Crippen molar-refractivity contribution in [2.24, 2.45) is 0 Å². The molecule has 1 fully saturated rings. The first kappa shape index (κ1) is 10.9. The predicted molar refractivity (Wildman–Crippen MR) is 73.2 cm³/mol. The van der Waals surface area contributed by atoms with Crippen LogP contribution in [0.15, 0.2) is 28.7 Å². The van der Waals surface area contributed by atoms with Crippen LogP contribution in [0.1, 0.15) is 30.5 Å². The minimum Gasteiger partial charge on any atom is -0.423 e. The van der Waals surface area contributed by atoms with Crippen molar-refractivity contribution in [3.63, 3.8) is 0 Å². The van der Waals surface area contributed by atoms with Gasteiger partial charge in [0.2, 0.25) is 11.8 Å². The van der Waals surface area contributed by atoms with Crippen LogP contribution in [0.3, 0.4) is 0 Å². The van der Waals surface area contributed by atoms with Gasteiger partial charge in [0.25, 0.3) is 0 Å². The highest BCUT2D eigenvalue weighted by Crippen LogP contribution is 2.39. The van der Waals surface area contributed by atoms with Gasteiger partial charge in [0.05, 0.1) is 16.8 Å². The third-order valence-corrected chi connectivity index (χ3v) is 4.09. The molecular weight excluding hydrogens is 260 g/mol. The Morgan fingerprint density at radius 2 is 2.16 bits per heavy atom. The lowest BCUT2D eigenvalue weighted by Gasteiger charge is -1.96. The normalized spacial score (nSPS) is 14.9. The Balaban J connectivity index is 1.48. The van der Waals surface area contributed by atoms with Crippen LogP contribution >= 0.6 is 11.3 Å². The fraction of sp³-hybridized carbons (Fsp3) is 0.308. The van der Waals surface area contributed by atoms with E-state index in [-0.39, 0.29) is 0 Å². The number of hydrogen-bond donors (Lipinski definition) is 1. The number of nitrogens with zero attached hydrogens (tertiary/aromatic N) is 3. The Labute approximate surface area is 113 Å². The van der Waals surface area contributed by atoms with E-state index in [9.17, 15) is 0 Å². The third-order valence-electron chi connectivity index (χ3n) is 3.09. The van der Waals surface area contributed by atoms with E-state index in [4.69, 9.17) is 4.42 Å². The summed E-state index contributed by atoms with van der Waals surface area (Å²) in [5.41, 5.74) is 1.01. The summed E-state index contributed by atoms with van der Waals surface area (Å²) in [4.78, 5) is 4.50. The molecule has 1 N–H and O–H groups in total.